The Bertz CT molecular complexity index is 543. The van der Waals surface area contributed by atoms with E-state index in [1.54, 1.807) is 6.92 Å². The standard InChI is InChI=1S/C15H23N3O3/c1-4-17-10-11(2)14(15(20)21)12(17)9-13(19)18-7-5-16(3)6-8-18/h10H,4-9H2,1-3H3,(H,20,21). The molecule has 1 aromatic heterocycles. The second-order valence-corrected chi connectivity index (χ2v) is 5.59. The quantitative estimate of drug-likeness (QED) is 0.893. The van der Waals surface area contributed by atoms with Crippen LogP contribution in [-0.2, 0) is 17.8 Å². The monoisotopic (exact) mass is 293 g/mol. The predicted octanol–water partition coefficient (Wildman–Crippen LogP) is 0.831. The summed E-state index contributed by atoms with van der Waals surface area (Å²) in [7, 11) is 2.04. The van der Waals surface area contributed by atoms with Gasteiger partial charge in [-0.25, -0.2) is 4.79 Å². The molecule has 1 aliphatic rings. The van der Waals surface area contributed by atoms with E-state index in [1.807, 2.05) is 29.6 Å². The van der Waals surface area contributed by atoms with E-state index < -0.39 is 5.97 Å². The highest BCUT2D eigenvalue weighted by Crippen LogP contribution is 2.19. The lowest BCUT2D eigenvalue weighted by Gasteiger charge is -2.32. The summed E-state index contributed by atoms with van der Waals surface area (Å²) < 4.78 is 1.87. The zero-order valence-electron chi connectivity index (χ0n) is 12.9. The van der Waals surface area contributed by atoms with Gasteiger partial charge in [-0.15, -0.1) is 0 Å². The first-order chi connectivity index (χ1) is 9.93. The van der Waals surface area contributed by atoms with Crippen LogP contribution in [0.1, 0.15) is 28.5 Å². The molecule has 2 heterocycles. The van der Waals surface area contributed by atoms with Crippen molar-refractivity contribution >= 4 is 11.9 Å². The molecule has 116 valence electrons. The summed E-state index contributed by atoms with van der Waals surface area (Å²) in [4.78, 5) is 27.9. The second-order valence-electron chi connectivity index (χ2n) is 5.59. The molecular formula is C15H23N3O3. The van der Waals surface area contributed by atoms with E-state index >= 15 is 0 Å². The summed E-state index contributed by atoms with van der Waals surface area (Å²) in [6.07, 6.45) is 1.98. The van der Waals surface area contributed by atoms with Crippen LogP contribution in [-0.4, -0.2) is 64.6 Å². The number of nitrogens with zero attached hydrogens (tertiary/aromatic N) is 3. The molecular weight excluding hydrogens is 270 g/mol. The van der Waals surface area contributed by atoms with Crippen LogP contribution in [0.15, 0.2) is 6.20 Å². The molecule has 0 radical (unpaired) electrons. The molecule has 0 saturated carbocycles. The number of aromatic nitrogens is 1. The second kappa shape index (κ2) is 6.30. The SMILES string of the molecule is CCn1cc(C)c(C(=O)O)c1CC(=O)N1CCN(C)CC1. The van der Waals surface area contributed by atoms with Crippen molar-refractivity contribution in [1.29, 1.82) is 0 Å². The predicted molar refractivity (Wildman–Crippen MR) is 79.6 cm³/mol. The minimum atomic E-state index is -0.958. The number of carbonyl (C=O) groups excluding carboxylic acids is 1. The Hall–Kier alpha value is -1.82. The van der Waals surface area contributed by atoms with Gasteiger partial charge in [-0.1, -0.05) is 0 Å². The van der Waals surface area contributed by atoms with Gasteiger partial charge in [0.2, 0.25) is 5.91 Å². The van der Waals surface area contributed by atoms with Gasteiger partial charge in [0.25, 0.3) is 0 Å². The fourth-order valence-electron chi connectivity index (χ4n) is 2.82. The summed E-state index contributed by atoms with van der Waals surface area (Å²) >= 11 is 0. The first-order valence-electron chi connectivity index (χ1n) is 7.32. The zero-order chi connectivity index (χ0) is 15.6. The van der Waals surface area contributed by atoms with Crippen LogP contribution in [0.2, 0.25) is 0 Å². The lowest BCUT2D eigenvalue weighted by molar-refractivity contribution is -0.132. The van der Waals surface area contributed by atoms with Crippen LogP contribution in [0, 0.1) is 6.92 Å². The van der Waals surface area contributed by atoms with Crippen LogP contribution in [0.5, 0.6) is 0 Å². The van der Waals surface area contributed by atoms with Gasteiger partial charge in [-0.3, -0.25) is 4.79 Å². The van der Waals surface area contributed by atoms with Crippen LogP contribution in [0.4, 0.5) is 0 Å². The number of aryl methyl sites for hydroxylation is 2. The summed E-state index contributed by atoms with van der Waals surface area (Å²) in [6, 6.07) is 0. The van der Waals surface area contributed by atoms with E-state index in [-0.39, 0.29) is 17.9 Å². The van der Waals surface area contributed by atoms with E-state index in [4.69, 9.17) is 0 Å². The first-order valence-corrected chi connectivity index (χ1v) is 7.32. The average Bonchev–Trinajstić information content (AvgIpc) is 2.75. The zero-order valence-corrected chi connectivity index (χ0v) is 12.9. The highest BCUT2D eigenvalue weighted by Gasteiger charge is 2.24. The summed E-state index contributed by atoms with van der Waals surface area (Å²) in [5.41, 5.74) is 1.61. The minimum absolute atomic E-state index is 0.0124. The number of carboxylic acid groups (broad SMARTS) is 1. The fraction of sp³-hybridized carbons (Fsp3) is 0.600. The van der Waals surface area contributed by atoms with Crippen molar-refractivity contribution in [3.8, 4) is 0 Å². The Morgan fingerprint density at radius 1 is 1.24 bits per heavy atom. The van der Waals surface area contributed by atoms with Gasteiger partial charge in [0.05, 0.1) is 12.0 Å². The van der Waals surface area contributed by atoms with Crippen molar-refractivity contribution in [2.45, 2.75) is 26.8 Å². The molecule has 1 amide bonds. The third-order valence-corrected chi connectivity index (χ3v) is 4.11. The molecule has 21 heavy (non-hydrogen) atoms. The number of carboxylic acids is 1. The van der Waals surface area contributed by atoms with Crippen molar-refractivity contribution in [2.24, 2.45) is 0 Å². The number of hydrogen-bond donors (Lipinski definition) is 1. The van der Waals surface area contributed by atoms with Crippen molar-refractivity contribution in [3.63, 3.8) is 0 Å². The van der Waals surface area contributed by atoms with E-state index in [9.17, 15) is 14.7 Å². The molecule has 0 aliphatic carbocycles. The Kier molecular flexibility index (Phi) is 4.67. The smallest absolute Gasteiger partial charge is 0.337 e. The highest BCUT2D eigenvalue weighted by atomic mass is 16.4. The van der Waals surface area contributed by atoms with Gasteiger partial charge >= 0.3 is 5.97 Å². The van der Waals surface area contributed by atoms with Gasteiger partial charge in [0.15, 0.2) is 0 Å². The van der Waals surface area contributed by atoms with E-state index in [1.165, 1.54) is 0 Å². The van der Waals surface area contributed by atoms with E-state index in [2.05, 4.69) is 4.90 Å². The Morgan fingerprint density at radius 2 is 1.86 bits per heavy atom. The maximum atomic E-state index is 12.4. The van der Waals surface area contributed by atoms with E-state index in [0.717, 1.165) is 13.1 Å². The minimum Gasteiger partial charge on any atom is -0.478 e. The molecule has 0 bridgehead atoms. The lowest BCUT2D eigenvalue weighted by Crippen LogP contribution is -2.47. The van der Waals surface area contributed by atoms with Crippen LogP contribution >= 0.6 is 0 Å². The molecule has 6 nitrogen and oxygen atoms in total. The number of aromatic carboxylic acids is 1. The molecule has 1 saturated heterocycles. The molecule has 0 unspecified atom stereocenters. The normalized spacial score (nSPS) is 16.2. The molecule has 1 aliphatic heterocycles. The Balaban J connectivity index is 2.18. The molecule has 6 heteroatoms. The van der Waals surface area contributed by atoms with Gasteiger partial charge in [-0.05, 0) is 26.5 Å². The third kappa shape index (κ3) is 3.26. The number of rotatable bonds is 4. The van der Waals surface area contributed by atoms with Gasteiger partial charge in [0, 0.05) is 44.6 Å². The summed E-state index contributed by atoms with van der Waals surface area (Å²) in [5, 5.41) is 9.37. The summed E-state index contributed by atoms with van der Waals surface area (Å²) in [6.45, 7) is 7.55. The molecule has 1 N–H and O–H groups in total. The maximum Gasteiger partial charge on any atom is 0.337 e. The Morgan fingerprint density at radius 3 is 2.38 bits per heavy atom. The molecule has 0 spiro atoms. The first kappa shape index (κ1) is 15.6. The van der Waals surface area contributed by atoms with Crippen LogP contribution in [0.3, 0.4) is 0 Å². The largest absolute Gasteiger partial charge is 0.478 e. The maximum absolute atomic E-state index is 12.4. The van der Waals surface area contributed by atoms with Crippen molar-refractivity contribution in [1.82, 2.24) is 14.4 Å². The molecule has 2 rings (SSSR count). The fourth-order valence-corrected chi connectivity index (χ4v) is 2.82. The number of amides is 1. The molecule has 0 aromatic carbocycles. The third-order valence-electron chi connectivity index (χ3n) is 4.11. The number of carbonyl (C=O) groups is 2. The lowest BCUT2D eigenvalue weighted by atomic mass is 10.1. The van der Waals surface area contributed by atoms with Gasteiger partial charge in [0.1, 0.15) is 0 Å². The molecule has 1 fully saturated rings. The van der Waals surface area contributed by atoms with Crippen molar-refractivity contribution in [2.75, 3.05) is 33.2 Å². The Labute approximate surface area is 124 Å². The van der Waals surface area contributed by atoms with Gasteiger partial charge < -0.3 is 19.5 Å². The average molecular weight is 293 g/mol. The topological polar surface area (TPSA) is 65.8 Å². The van der Waals surface area contributed by atoms with Gasteiger partial charge in [-0.2, -0.15) is 0 Å². The number of hydrogen-bond acceptors (Lipinski definition) is 3. The number of likely N-dealkylation sites (N-methyl/N-ethyl adjacent to an activating group) is 1. The highest BCUT2D eigenvalue weighted by molar-refractivity contribution is 5.93. The van der Waals surface area contributed by atoms with Crippen molar-refractivity contribution in [3.05, 3.63) is 23.0 Å². The van der Waals surface area contributed by atoms with Crippen LogP contribution in [0.25, 0.3) is 0 Å². The number of piperazine rings is 1. The van der Waals surface area contributed by atoms with Crippen molar-refractivity contribution < 1.29 is 14.7 Å². The van der Waals surface area contributed by atoms with E-state index in [0.29, 0.717) is 30.9 Å². The summed E-state index contributed by atoms with van der Waals surface area (Å²) in [5.74, 6) is -0.945. The molecule has 0 atom stereocenters. The van der Waals surface area contributed by atoms with Crippen LogP contribution < -0.4 is 0 Å². The molecule has 1 aromatic rings.